The minimum atomic E-state index is -0.415. The number of benzene rings is 1. The molecule has 1 unspecified atom stereocenters. The van der Waals surface area contributed by atoms with Gasteiger partial charge in [-0.25, -0.2) is 0 Å². The van der Waals surface area contributed by atoms with Gasteiger partial charge in [0.15, 0.2) is 11.5 Å². The molecule has 0 heterocycles. The van der Waals surface area contributed by atoms with E-state index in [1.54, 1.807) is 6.92 Å². The summed E-state index contributed by atoms with van der Waals surface area (Å²) in [6.07, 6.45) is 4.73. The van der Waals surface area contributed by atoms with Crippen molar-refractivity contribution in [3.05, 3.63) is 22.8 Å². The number of esters is 2. The zero-order valence-corrected chi connectivity index (χ0v) is 13.5. The van der Waals surface area contributed by atoms with Crippen LogP contribution >= 0.6 is 0 Å². The van der Waals surface area contributed by atoms with Crippen molar-refractivity contribution in [3.8, 4) is 17.2 Å². The predicted octanol–water partition coefficient (Wildman–Crippen LogP) is 3.37. The zero-order chi connectivity index (χ0) is 16.4. The van der Waals surface area contributed by atoms with Gasteiger partial charge in [0.2, 0.25) is 0 Å². The molecule has 0 aliphatic heterocycles. The van der Waals surface area contributed by atoms with Crippen LogP contribution in [0, 0.1) is 6.92 Å². The van der Waals surface area contributed by atoms with Crippen molar-refractivity contribution in [1.82, 2.24) is 0 Å². The molecular weight excluding hydrogens is 284 g/mol. The first-order valence-electron chi connectivity index (χ1n) is 7.14. The molecule has 5 heteroatoms. The molecule has 118 valence electrons. The average molecular weight is 304 g/mol. The van der Waals surface area contributed by atoms with Crippen LogP contribution < -0.4 is 14.2 Å². The van der Waals surface area contributed by atoms with Crippen LogP contribution in [-0.2, 0) is 9.59 Å². The van der Waals surface area contributed by atoms with E-state index in [-0.39, 0.29) is 5.92 Å². The van der Waals surface area contributed by atoms with Gasteiger partial charge in [0.1, 0.15) is 5.75 Å². The third-order valence-electron chi connectivity index (χ3n) is 3.63. The highest BCUT2D eigenvalue weighted by atomic mass is 16.6. The minimum Gasteiger partial charge on any atom is -0.492 e. The van der Waals surface area contributed by atoms with Crippen molar-refractivity contribution in [1.29, 1.82) is 0 Å². The van der Waals surface area contributed by atoms with Crippen LogP contribution in [0.4, 0.5) is 0 Å². The topological polar surface area (TPSA) is 61.8 Å². The zero-order valence-electron chi connectivity index (χ0n) is 13.5. The summed E-state index contributed by atoms with van der Waals surface area (Å²) in [5.74, 6) is 0.597. The molecule has 2 rings (SSSR count). The second kappa shape index (κ2) is 6.22. The molecule has 1 aliphatic rings. The van der Waals surface area contributed by atoms with E-state index in [1.807, 2.05) is 19.1 Å². The summed E-state index contributed by atoms with van der Waals surface area (Å²) in [6, 6.07) is 0. The minimum absolute atomic E-state index is 0.123. The van der Waals surface area contributed by atoms with Crippen molar-refractivity contribution in [3.63, 3.8) is 0 Å². The Kier molecular flexibility index (Phi) is 4.54. The number of allylic oxidation sites excluding steroid dienone is 1. The predicted molar refractivity (Wildman–Crippen MR) is 82.4 cm³/mol. The van der Waals surface area contributed by atoms with Crippen LogP contribution in [0.5, 0.6) is 17.2 Å². The van der Waals surface area contributed by atoms with E-state index < -0.39 is 11.9 Å². The van der Waals surface area contributed by atoms with Gasteiger partial charge in [-0.05, 0) is 19.3 Å². The number of rotatable bonds is 3. The van der Waals surface area contributed by atoms with E-state index in [0.29, 0.717) is 22.8 Å². The highest BCUT2D eigenvalue weighted by Crippen LogP contribution is 2.49. The van der Waals surface area contributed by atoms with Gasteiger partial charge in [0.25, 0.3) is 0 Å². The van der Waals surface area contributed by atoms with Crippen LogP contribution in [0.2, 0.25) is 0 Å². The maximum absolute atomic E-state index is 11.5. The molecule has 1 atom stereocenters. The maximum atomic E-state index is 11.5. The Hall–Kier alpha value is -2.30. The smallest absolute Gasteiger partial charge is 0.308 e. The lowest BCUT2D eigenvalue weighted by molar-refractivity contribution is -0.133. The first-order valence-corrected chi connectivity index (χ1v) is 7.14. The summed E-state index contributed by atoms with van der Waals surface area (Å²) in [4.78, 5) is 22.9. The summed E-state index contributed by atoms with van der Waals surface area (Å²) in [5.41, 5.74) is 2.23. The third-order valence-corrected chi connectivity index (χ3v) is 3.63. The number of fused-ring (bicyclic) bond motifs is 1. The largest absolute Gasteiger partial charge is 0.492 e. The number of methoxy groups -OCH3 is 1. The van der Waals surface area contributed by atoms with Crippen LogP contribution in [-0.4, -0.2) is 19.0 Å². The Morgan fingerprint density at radius 3 is 2.23 bits per heavy atom. The van der Waals surface area contributed by atoms with Gasteiger partial charge in [-0.3, -0.25) is 9.59 Å². The van der Waals surface area contributed by atoms with Gasteiger partial charge in [0.05, 0.1) is 7.11 Å². The average Bonchev–Trinajstić information content (AvgIpc) is 2.42. The van der Waals surface area contributed by atoms with Gasteiger partial charge in [-0.2, -0.15) is 0 Å². The van der Waals surface area contributed by atoms with Crippen molar-refractivity contribution in [2.45, 2.75) is 40.0 Å². The standard InChI is InChI=1S/C17H20O5/c1-9-7-6-8-13-14(9)17(22-12(4)19)16(20-5)10(2)15(13)21-11(3)18/h6,8-9H,7H2,1-5H3. The molecule has 5 nitrogen and oxygen atoms in total. The normalized spacial score (nSPS) is 16.0. The molecular formula is C17H20O5. The Labute approximate surface area is 129 Å². The van der Waals surface area contributed by atoms with Gasteiger partial charge >= 0.3 is 11.9 Å². The third kappa shape index (κ3) is 2.84. The number of carbonyl (C=O) groups is 2. The van der Waals surface area contributed by atoms with Crippen LogP contribution in [0.25, 0.3) is 6.08 Å². The Balaban J connectivity index is 2.80. The molecule has 0 radical (unpaired) electrons. The van der Waals surface area contributed by atoms with Crippen molar-refractivity contribution in [2.75, 3.05) is 7.11 Å². The Bertz CT molecular complexity index is 658. The van der Waals surface area contributed by atoms with Gasteiger partial charge in [0, 0.05) is 30.5 Å². The Morgan fingerprint density at radius 2 is 1.68 bits per heavy atom. The summed E-state index contributed by atoms with van der Waals surface area (Å²) >= 11 is 0. The highest BCUT2D eigenvalue weighted by molar-refractivity contribution is 5.81. The lowest BCUT2D eigenvalue weighted by atomic mass is 9.85. The molecule has 0 saturated heterocycles. The van der Waals surface area contributed by atoms with Crippen molar-refractivity contribution in [2.24, 2.45) is 0 Å². The number of carbonyl (C=O) groups excluding carboxylic acids is 2. The van der Waals surface area contributed by atoms with E-state index in [4.69, 9.17) is 14.2 Å². The van der Waals surface area contributed by atoms with Gasteiger partial charge in [-0.1, -0.05) is 19.1 Å². The maximum Gasteiger partial charge on any atom is 0.308 e. The quantitative estimate of drug-likeness (QED) is 0.633. The fourth-order valence-corrected chi connectivity index (χ4v) is 2.77. The molecule has 0 N–H and O–H groups in total. The fourth-order valence-electron chi connectivity index (χ4n) is 2.77. The first-order chi connectivity index (χ1) is 10.4. The van der Waals surface area contributed by atoms with E-state index in [0.717, 1.165) is 17.5 Å². The van der Waals surface area contributed by atoms with Crippen LogP contribution in [0.1, 0.15) is 49.8 Å². The number of ether oxygens (including phenoxy) is 3. The molecule has 0 aromatic heterocycles. The molecule has 0 fully saturated rings. The first kappa shape index (κ1) is 16.1. The molecule has 0 saturated carbocycles. The molecule has 0 spiro atoms. The van der Waals surface area contributed by atoms with E-state index in [9.17, 15) is 9.59 Å². The SMILES string of the molecule is COc1c(C)c(OC(C)=O)c2c(c1OC(C)=O)C(C)CC=C2. The lowest BCUT2D eigenvalue weighted by Gasteiger charge is -2.26. The summed E-state index contributed by atoms with van der Waals surface area (Å²) in [5, 5.41) is 0. The summed E-state index contributed by atoms with van der Waals surface area (Å²) < 4.78 is 16.2. The molecule has 0 amide bonds. The van der Waals surface area contributed by atoms with Gasteiger partial charge < -0.3 is 14.2 Å². The van der Waals surface area contributed by atoms with Crippen molar-refractivity contribution < 1.29 is 23.8 Å². The molecule has 1 aromatic carbocycles. The van der Waals surface area contributed by atoms with Crippen LogP contribution in [0.15, 0.2) is 6.08 Å². The molecule has 1 aliphatic carbocycles. The highest BCUT2D eigenvalue weighted by Gasteiger charge is 2.29. The van der Waals surface area contributed by atoms with Gasteiger partial charge in [-0.15, -0.1) is 0 Å². The second-order valence-corrected chi connectivity index (χ2v) is 5.37. The van der Waals surface area contributed by atoms with Crippen molar-refractivity contribution >= 4 is 18.0 Å². The Morgan fingerprint density at radius 1 is 1.09 bits per heavy atom. The van der Waals surface area contributed by atoms with E-state index >= 15 is 0 Å². The second-order valence-electron chi connectivity index (χ2n) is 5.37. The summed E-state index contributed by atoms with van der Waals surface area (Å²) in [7, 11) is 1.50. The molecule has 22 heavy (non-hydrogen) atoms. The lowest BCUT2D eigenvalue weighted by Crippen LogP contribution is -2.14. The molecule has 1 aromatic rings. The summed E-state index contributed by atoms with van der Waals surface area (Å²) in [6.45, 7) is 6.51. The van der Waals surface area contributed by atoms with E-state index in [1.165, 1.54) is 21.0 Å². The van der Waals surface area contributed by atoms with Crippen LogP contribution in [0.3, 0.4) is 0 Å². The molecule has 0 bridgehead atoms. The fraction of sp³-hybridized carbons (Fsp3) is 0.412. The monoisotopic (exact) mass is 304 g/mol. The van der Waals surface area contributed by atoms with E-state index in [2.05, 4.69) is 0 Å². The number of hydrogen-bond acceptors (Lipinski definition) is 5. The number of hydrogen-bond donors (Lipinski definition) is 0.